The molecule has 8 nitrogen and oxygen atoms in total. The summed E-state index contributed by atoms with van der Waals surface area (Å²) in [7, 11) is 0. The van der Waals surface area contributed by atoms with Gasteiger partial charge < -0.3 is 20.3 Å². The number of hydrogen-bond donors (Lipinski definition) is 2. The molecular weight excluding hydrogens is 320 g/mol. The lowest BCUT2D eigenvalue weighted by molar-refractivity contribution is -0.00506. The van der Waals surface area contributed by atoms with E-state index in [0.29, 0.717) is 29.9 Å². The summed E-state index contributed by atoms with van der Waals surface area (Å²) in [6.07, 6.45) is 5.61. The number of carbonyl (C=O) groups is 1. The van der Waals surface area contributed by atoms with Crippen molar-refractivity contribution in [2.45, 2.75) is 51.0 Å². The van der Waals surface area contributed by atoms with Crippen molar-refractivity contribution >= 4 is 12.0 Å². The first-order valence-electron chi connectivity index (χ1n) is 9.42. The highest BCUT2D eigenvalue weighted by molar-refractivity contribution is 5.68. The van der Waals surface area contributed by atoms with Crippen molar-refractivity contribution in [1.29, 1.82) is 0 Å². The lowest BCUT2D eigenvalue weighted by Gasteiger charge is -2.51. The SMILES string of the molecule is CCOC(=O)N1CCC2(CC(N3CCC(c4nc(N)n[nH]4)CC3)C2)C1. The normalized spacial score (nSPS) is 30.6. The molecule has 25 heavy (non-hydrogen) atoms. The molecular formula is C17H28N6O2. The lowest BCUT2D eigenvalue weighted by Crippen LogP contribution is -2.54. The van der Waals surface area contributed by atoms with Crippen LogP contribution in [0, 0.1) is 5.41 Å². The number of nitrogens with zero attached hydrogens (tertiary/aromatic N) is 4. The summed E-state index contributed by atoms with van der Waals surface area (Å²) in [5, 5.41) is 6.90. The molecule has 1 aliphatic carbocycles. The summed E-state index contributed by atoms with van der Waals surface area (Å²) in [4.78, 5) is 20.7. The van der Waals surface area contributed by atoms with Gasteiger partial charge in [0.05, 0.1) is 6.61 Å². The number of nitrogens with two attached hydrogens (primary N) is 1. The molecule has 0 aromatic carbocycles. The van der Waals surface area contributed by atoms with Crippen LogP contribution in [0.25, 0.3) is 0 Å². The molecule has 0 radical (unpaired) electrons. The minimum Gasteiger partial charge on any atom is -0.450 e. The Morgan fingerprint density at radius 3 is 2.76 bits per heavy atom. The van der Waals surface area contributed by atoms with Crippen molar-refractivity contribution in [2.24, 2.45) is 5.41 Å². The third kappa shape index (κ3) is 3.19. The van der Waals surface area contributed by atoms with Crippen LogP contribution in [0.3, 0.4) is 0 Å². The third-order valence-electron chi connectivity index (χ3n) is 6.25. The number of H-pyrrole nitrogens is 1. The average molecular weight is 348 g/mol. The topological polar surface area (TPSA) is 100 Å². The first-order chi connectivity index (χ1) is 12.1. The molecule has 1 saturated carbocycles. The zero-order chi connectivity index (χ0) is 17.4. The van der Waals surface area contributed by atoms with Crippen molar-refractivity contribution in [1.82, 2.24) is 25.0 Å². The van der Waals surface area contributed by atoms with Gasteiger partial charge in [-0.05, 0) is 57.5 Å². The summed E-state index contributed by atoms with van der Waals surface area (Å²) >= 11 is 0. The molecule has 4 rings (SSSR count). The van der Waals surface area contributed by atoms with Crippen LogP contribution in [0.1, 0.15) is 50.8 Å². The Morgan fingerprint density at radius 1 is 1.36 bits per heavy atom. The maximum Gasteiger partial charge on any atom is 0.409 e. The highest BCUT2D eigenvalue weighted by atomic mass is 16.6. The number of aromatic amines is 1. The highest BCUT2D eigenvalue weighted by Crippen LogP contribution is 2.50. The molecule has 0 atom stereocenters. The van der Waals surface area contributed by atoms with E-state index < -0.39 is 0 Å². The van der Waals surface area contributed by atoms with Gasteiger partial charge in [0, 0.05) is 25.0 Å². The molecule has 1 aromatic rings. The van der Waals surface area contributed by atoms with E-state index in [4.69, 9.17) is 10.5 Å². The van der Waals surface area contributed by atoms with Crippen LogP contribution in [0.4, 0.5) is 10.7 Å². The van der Waals surface area contributed by atoms with Crippen molar-refractivity contribution in [3.05, 3.63) is 5.82 Å². The van der Waals surface area contributed by atoms with Gasteiger partial charge in [-0.25, -0.2) is 4.79 Å². The second kappa shape index (κ2) is 6.48. The molecule has 0 bridgehead atoms. The molecule has 2 aliphatic heterocycles. The van der Waals surface area contributed by atoms with Crippen LogP contribution in [-0.2, 0) is 4.74 Å². The number of nitrogens with one attached hydrogen (secondary N) is 1. The second-order valence-electron chi connectivity index (χ2n) is 7.82. The minimum absolute atomic E-state index is 0.144. The number of likely N-dealkylation sites (tertiary alicyclic amines) is 2. The van der Waals surface area contributed by atoms with Gasteiger partial charge in [-0.2, -0.15) is 4.98 Å². The molecule has 3 fully saturated rings. The van der Waals surface area contributed by atoms with Crippen LogP contribution in [0.15, 0.2) is 0 Å². The largest absolute Gasteiger partial charge is 0.450 e. The van der Waals surface area contributed by atoms with E-state index in [1.165, 1.54) is 12.8 Å². The number of nitrogen functional groups attached to an aromatic ring is 1. The highest BCUT2D eigenvalue weighted by Gasteiger charge is 2.51. The standard InChI is InChI=1S/C17H28N6O2/c1-2-25-16(24)23-8-5-17(11-23)9-13(10-17)22-6-3-12(4-7-22)14-19-15(18)21-20-14/h12-13H,2-11H2,1H3,(H3,18,19,20,21). The Labute approximate surface area is 148 Å². The van der Waals surface area contributed by atoms with Gasteiger partial charge in [-0.1, -0.05) is 0 Å². The Hall–Kier alpha value is -1.83. The second-order valence-corrected chi connectivity index (χ2v) is 7.82. The zero-order valence-electron chi connectivity index (χ0n) is 14.9. The van der Waals surface area contributed by atoms with Gasteiger partial charge in [0.15, 0.2) is 0 Å². The Balaban J connectivity index is 1.25. The van der Waals surface area contributed by atoms with Crippen molar-refractivity contribution in [3.63, 3.8) is 0 Å². The molecule has 1 aromatic heterocycles. The van der Waals surface area contributed by atoms with E-state index in [1.807, 2.05) is 11.8 Å². The molecule has 1 amide bonds. The minimum atomic E-state index is -0.144. The fourth-order valence-corrected chi connectivity index (χ4v) is 4.85. The van der Waals surface area contributed by atoms with Gasteiger partial charge in [0.25, 0.3) is 0 Å². The average Bonchev–Trinajstić information content (AvgIpc) is 3.21. The fraction of sp³-hybridized carbons (Fsp3) is 0.824. The maximum atomic E-state index is 11.9. The number of ether oxygens (including phenoxy) is 1. The van der Waals surface area contributed by atoms with Gasteiger partial charge in [-0.3, -0.25) is 5.10 Å². The van der Waals surface area contributed by atoms with Crippen molar-refractivity contribution in [2.75, 3.05) is 38.5 Å². The predicted octanol–water partition coefficient (Wildman–Crippen LogP) is 1.58. The number of aromatic nitrogens is 3. The van der Waals surface area contributed by atoms with Gasteiger partial charge in [0.1, 0.15) is 5.82 Å². The zero-order valence-corrected chi connectivity index (χ0v) is 14.9. The molecule has 138 valence electrons. The monoisotopic (exact) mass is 348 g/mol. The number of rotatable bonds is 3. The van der Waals surface area contributed by atoms with Crippen LogP contribution >= 0.6 is 0 Å². The van der Waals surface area contributed by atoms with Crippen LogP contribution in [0.2, 0.25) is 0 Å². The van der Waals surface area contributed by atoms with Crippen LogP contribution < -0.4 is 5.73 Å². The maximum absolute atomic E-state index is 11.9. The van der Waals surface area contributed by atoms with Gasteiger partial charge in [0.2, 0.25) is 5.95 Å². The van der Waals surface area contributed by atoms with Crippen LogP contribution in [-0.4, -0.2) is 69.9 Å². The number of carbonyl (C=O) groups excluding carboxylic acids is 1. The smallest absolute Gasteiger partial charge is 0.409 e. The number of hydrogen-bond acceptors (Lipinski definition) is 6. The molecule has 3 heterocycles. The number of amides is 1. The van der Waals surface area contributed by atoms with Crippen molar-refractivity contribution in [3.8, 4) is 0 Å². The summed E-state index contributed by atoms with van der Waals surface area (Å²) in [5.41, 5.74) is 5.95. The number of anilines is 1. The van der Waals surface area contributed by atoms with Crippen molar-refractivity contribution < 1.29 is 9.53 Å². The number of piperidine rings is 1. The van der Waals surface area contributed by atoms with Crippen LogP contribution in [0.5, 0.6) is 0 Å². The molecule has 3 aliphatic rings. The molecule has 3 N–H and O–H groups in total. The van der Waals surface area contributed by atoms with E-state index in [1.54, 1.807) is 0 Å². The lowest BCUT2D eigenvalue weighted by atomic mass is 9.64. The van der Waals surface area contributed by atoms with E-state index in [2.05, 4.69) is 20.1 Å². The quantitative estimate of drug-likeness (QED) is 0.860. The first kappa shape index (κ1) is 16.6. The molecule has 1 spiro atoms. The Kier molecular flexibility index (Phi) is 4.31. The van der Waals surface area contributed by atoms with E-state index in [9.17, 15) is 4.79 Å². The predicted molar refractivity (Wildman–Crippen MR) is 93.0 cm³/mol. The Morgan fingerprint density at radius 2 is 2.12 bits per heavy atom. The van der Waals surface area contributed by atoms with Gasteiger partial charge >= 0.3 is 6.09 Å². The van der Waals surface area contributed by atoms with E-state index >= 15 is 0 Å². The summed E-state index contributed by atoms with van der Waals surface area (Å²) in [5.74, 6) is 1.72. The first-order valence-corrected chi connectivity index (χ1v) is 9.42. The van der Waals surface area contributed by atoms with E-state index in [-0.39, 0.29) is 6.09 Å². The molecule has 0 unspecified atom stereocenters. The Bertz CT molecular complexity index is 618. The van der Waals surface area contributed by atoms with E-state index in [0.717, 1.165) is 51.3 Å². The molecule has 2 saturated heterocycles. The molecule has 8 heteroatoms. The summed E-state index contributed by atoms with van der Waals surface area (Å²) < 4.78 is 5.14. The summed E-state index contributed by atoms with van der Waals surface area (Å²) in [6, 6.07) is 0.669. The summed E-state index contributed by atoms with van der Waals surface area (Å²) in [6.45, 7) is 6.24. The fourth-order valence-electron chi connectivity index (χ4n) is 4.85. The third-order valence-corrected chi connectivity index (χ3v) is 6.25. The van der Waals surface area contributed by atoms with Gasteiger partial charge in [-0.15, -0.1) is 5.10 Å².